The summed E-state index contributed by atoms with van der Waals surface area (Å²) in [6.45, 7) is 1.22. The molecule has 1 aromatic heterocycles. The van der Waals surface area contributed by atoms with E-state index >= 15 is 0 Å². The number of hydrazine groups is 1. The lowest BCUT2D eigenvalue weighted by Crippen LogP contribution is -2.49. The maximum absolute atomic E-state index is 12.9. The summed E-state index contributed by atoms with van der Waals surface area (Å²) in [7, 11) is 0. The summed E-state index contributed by atoms with van der Waals surface area (Å²) in [5.74, 6) is 0.552. The van der Waals surface area contributed by atoms with E-state index in [-0.39, 0.29) is 11.9 Å². The molecule has 1 aliphatic heterocycles. The summed E-state index contributed by atoms with van der Waals surface area (Å²) in [6.07, 6.45) is 0.835. The second-order valence-electron chi connectivity index (χ2n) is 7.53. The molecule has 1 unspecified atom stereocenters. The van der Waals surface area contributed by atoms with Crippen LogP contribution in [0.25, 0.3) is 0 Å². The smallest absolute Gasteiger partial charge is 0.265 e. The van der Waals surface area contributed by atoms with Crippen LogP contribution in [0.2, 0.25) is 0 Å². The number of nitrogens with one attached hydrogen (secondary N) is 1. The van der Waals surface area contributed by atoms with Crippen molar-refractivity contribution in [3.63, 3.8) is 0 Å². The third-order valence-electron chi connectivity index (χ3n) is 5.54. The van der Waals surface area contributed by atoms with Gasteiger partial charge in [0.2, 0.25) is 0 Å². The van der Waals surface area contributed by atoms with Gasteiger partial charge in [-0.1, -0.05) is 72.8 Å². The number of rotatable bonds is 5. The van der Waals surface area contributed by atoms with Crippen LogP contribution in [0.3, 0.4) is 0 Å². The highest BCUT2D eigenvalue weighted by Gasteiger charge is 2.34. The molecule has 4 aromatic rings. The van der Waals surface area contributed by atoms with Crippen LogP contribution in [0, 0.1) is 0 Å². The maximum Gasteiger partial charge on any atom is 0.265 e. The van der Waals surface area contributed by atoms with E-state index in [4.69, 9.17) is 0 Å². The van der Waals surface area contributed by atoms with Gasteiger partial charge in [0, 0.05) is 12.1 Å². The Morgan fingerprint density at radius 3 is 2.45 bits per heavy atom. The Balaban J connectivity index is 1.50. The van der Waals surface area contributed by atoms with Crippen molar-refractivity contribution >= 4 is 5.91 Å². The van der Waals surface area contributed by atoms with Gasteiger partial charge in [0.1, 0.15) is 6.04 Å². The molecular weight excluding hydrogens is 388 g/mol. The van der Waals surface area contributed by atoms with Crippen LogP contribution in [0.1, 0.15) is 38.9 Å². The molecule has 5 rings (SSSR count). The van der Waals surface area contributed by atoms with Crippen molar-refractivity contribution in [2.24, 2.45) is 0 Å². The van der Waals surface area contributed by atoms with Crippen LogP contribution < -0.4 is 5.43 Å². The van der Waals surface area contributed by atoms with E-state index in [1.807, 2.05) is 70.4 Å². The third-order valence-corrected chi connectivity index (χ3v) is 5.54. The van der Waals surface area contributed by atoms with Gasteiger partial charge in [0.25, 0.3) is 5.91 Å². The summed E-state index contributed by atoms with van der Waals surface area (Å²) in [5, 5.41) is 14.5. The zero-order valence-electron chi connectivity index (χ0n) is 16.9. The normalized spacial score (nSPS) is 15.9. The first kappa shape index (κ1) is 19.1. The number of aromatic nitrogens is 4. The molecule has 7 heteroatoms. The predicted molar refractivity (Wildman–Crippen MR) is 116 cm³/mol. The molecule has 0 fully saturated rings. The lowest BCUT2D eigenvalue weighted by atomic mass is 9.93. The molecule has 0 spiro atoms. The van der Waals surface area contributed by atoms with Crippen molar-refractivity contribution in [1.82, 2.24) is 30.6 Å². The fourth-order valence-corrected chi connectivity index (χ4v) is 4.03. The molecule has 1 aliphatic rings. The fourth-order valence-electron chi connectivity index (χ4n) is 4.03. The molecule has 7 nitrogen and oxygen atoms in total. The first-order chi connectivity index (χ1) is 15.3. The zero-order chi connectivity index (χ0) is 21.0. The molecule has 0 saturated heterocycles. The van der Waals surface area contributed by atoms with Crippen LogP contribution in [0.15, 0.2) is 84.9 Å². The number of carbonyl (C=O) groups excluding carboxylic acids is 1. The Morgan fingerprint density at radius 2 is 1.65 bits per heavy atom. The summed E-state index contributed by atoms with van der Waals surface area (Å²) in [6, 6.07) is 27.3. The van der Waals surface area contributed by atoms with Gasteiger partial charge in [0.05, 0.1) is 6.54 Å². The largest absolute Gasteiger partial charge is 0.284 e. The summed E-state index contributed by atoms with van der Waals surface area (Å²) >= 11 is 0. The van der Waals surface area contributed by atoms with E-state index in [2.05, 4.69) is 45.2 Å². The number of fused-ring (bicyclic) bond motifs is 1. The second kappa shape index (κ2) is 8.49. The molecule has 3 aromatic carbocycles. The van der Waals surface area contributed by atoms with Gasteiger partial charge in [-0.3, -0.25) is 10.2 Å². The minimum Gasteiger partial charge on any atom is -0.284 e. The van der Waals surface area contributed by atoms with E-state index in [9.17, 15) is 4.79 Å². The van der Waals surface area contributed by atoms with Crippen molar-refractivity contribution in [1.29, 1.82) is 0 Å². The van der Waals surface area contributed by atoms with E-state index in [0.29, 0.717) is 24.5 Å². The van der Waals surface area contributed by atoms with Crippen molar-refractivity contribution < 1.29 is 4.79 Å². The SMILES string of the molecule is O=C(NN1CCc2ccccc2C1c1nnnn1Cc1ccccc1)c1ccccc1. The lowest BCUT2D eigenvalue weighted by molar-refractivity contribution is 0.0694. The average molecular weight is 410 g/mol. The summed E-state index contributed by atoms with van der Waals surface area (Å²) in [4.78, 5) is 12.9. The molecule has 1 atom stereocenters. The highest BCUT2D eigenvalue weighted by atomic mass is 16.2. The van der Waals surface area contributed by atoms with Crippen molar-refractivity contribution in [2.45, 2.75) is 19.0 Å². The van der Waals surface area contributed by atoms with Crippen LogP contribution in [0.5, 0.6) is 0 Å². The topological polar surface area (TPSA) is 75.9 Å². The van der Waals surface area contributed by atoms with Gasteiger partial charge < -0.3 is 0 Å². The first-order valence-electron chi connectivity index (χ1n) is 10.3. The zero-order valence-corrected chi connectivity index (χ0v) is 16.9. The van der Waals surface area contributed by atoms with Crippen molar-refractivity contribution in [2.75, 3.05) is 6.54 Å². The van der Waals surface area contributed by atoms with Gasteiger partial charge >= 0.3 is 0 Å². The predicted octanol–water partition coefficient (Wildman–Crippen LogP) is 3.01. The van der Waals surface area contributed by atoms with Gasteiger partial charge in [-0.05, 0) is 45.7 Å². The van der Waals surface area contributed by atoms with Crippen LogP contribution in [-0.4, -0.2) is 37.7 Å². The van der Waals surface area contributed by atoms with E-state index < -0.39 is 0 Å². The Bertz CT molecular complexity index is 1170. The number of benzene rings is 3. The van der Waals surface area contributed by atoms with E-state index in [1.54, 1.807) is 0 Å². The summed E-state index contributed by atoms with van der Waals surface area (Å²) in [5.41, 5.74) is 7.16. The maximum atomic E-state index is 12.9. The molecule has 0 radical (unpaired) electrons. The van der Waals surface area contributed by atoms with Crippen LogP contribution in [0.4, 0.5) is 0 Å². The molecule has 1 amide bonds. The Morgan fingerprint density at radius 1 is 0.935 bits per heavy atom. The summed E-state index contributed by atoms with van der Waals surface area (Å²) < 4.78 is 1.81. The van der Waals surface area contributed by atoms with Crippen LogP contribution >= 0.6 is 0 Å². The minimum atomic E-state index is -0.281. The van der Waals surface area contributed by atoms with Gasteiger partial charge in [0.15, 0.2) is 5.82 Å². The van der Waals surface area contributed by atoms with E-state index in [0.717, 1.165) is 17.5 Å². The third kappa shape index (κ3) is 3.95. The Hall–Kier alpha value is -3.84. The molecule has 1 N–H and O–H groups in total. The van der Waals surface area contributed by atoms with Crippen molar-refractivity contribution in [3.8, 4) is 0 Å². The average Bonchev–Trinajstić information content (AvgIpc) is 3.27. The lowest BCUT2D eigenvalue weighted by Gasteiger charge is -2.36. The molecule has 0 saturated carbocycles. The molecule has 31 heavy (non-hydrogen) atoms. The van der Waals surface area contributed by atoms with Gasteiger partial charge in [-0.2, -0.15) is 0 Å². The standard InChI is InChI=1S/C24H22N6O/c31-24(20-12-5-2-6-13-20)26-29-16-15-19-11-7-8-14-21(19)22(29)23-25-27-28-30(23)17-18-9-3-1-4-10-18/h1-14,22H,15-17H2,(H,26,31). The fraction of sp³-hybridized carbons (Fsp3) is 0.167. The monoisotopic (exact) mass is 410 g/mol. The van der Waals surface area contributed by atoms with Crippen molar-refractivity contribution in [3.05, 3.63) is 113 Å². The molecule has 154 valence electrons. The quantitative estimate of drug-likeness (QED) is 0.547. The highest BCUT2D eigenvalue weighted by molar-refractivity contribution is 5.93. The first-order valence-corrected chi connectivity index (χ1v) is 10.3. The molecular formula is C24H22N6O. The van der Waals surface area contributed by atoms with Crippen LogP contribution in [-0.2, 0) is 13.0 Å². The minimum absolute atomic E-state index is 0.146. The molecule has 0 aliphatic carbocycles. The number of hydrogen-bond acceptors (Lipinski definition) is 5. The Kier molecular flexibility index (Phi) is 5.24. The van der Waals surface area contributed by atoms with Gasteiger partial charge in [-0.25, -0.2) is 9.69 Å². The van der Waals surface area contributed by atoms with E-state index in [1.165, 1.54) is 5.56 Å². The Labute approximate surface area is 180 Å². The number of hydrogen-bond donors (Lipinski definition) is 1. The highest BCUT2D eigenvalue weighted by Crippen LogP contribution is 2.33. The second-order valence-corrected chi connectivity index (χ2v) is 7.53. The molecule has 2 heterocycles. The molecule has 0 bridgehead atoms. The van der Waals surface area contributed by atoms with Gasteiger partial charge in [-0.15, -0.1) is 5.10 Å². The number of carbonyl (C=O) groups is 1. The number of nitrogens with zero attached hydrogens (tertiary/aromatic N) is 5. The number of amides is 1. The number of tetrazole rings is 1.